The lowest BCUT2D eigenvalue weighted by Gasteiger charge is -2.34. The van der Waals surface area contributed by atoms with Crippen molar-refractivity contribution in [2.75, 3.05) is 33.3 Å². The Balaban J connectivity index is 1.23. The number of halogens is 1. The van der Waals surface area contributed by atoms with Crippen LogP contribution in [0.5, 0.6) is 5.75 Å². The smallest absolute Gasteiger partial charge is 0.223 e. The van der Waals surface area contributed by atoms with Crippen molar-refractivity contribution in [3.63, 3.8) is 0 Å². The molecular weight excluding hydrogens is 397 g/mol. The molecule has 1 aliphatic rings. The quantitative estimate of drug-likeness (QED) is 0.579. The number of ether oxygens (including phenoxy) is 1. The molecule has 0 spiro atoms. The van der Waals surface area contributed by atoms with E-state index < -0.39 is 0 Å². The number of aryl methyl sites for hydroxylation is 1. The van der Waals surface area contributed by atoms with E-state index in [9.17, 15) is 9.18 Å². The third-order valence-electron chi connectivity index (χ3n) is 5.51. The van der Waals surface area contributed by atoms with Crippen LogP contribution in [0.4, 0.5) is 4.39 Å². The molecule has 7 heteroatoms. The highest BCUT2D eigenvalue weighted by atomic mass is 19.1. The Hall–Kier alpha value is -3.19. The summed E-state index contributed by atoms with van der Waals surface area (Å²) in [6.07, 6.45) is 2.56. The summed E-state index contributed by atoms with van der Waals surface area (Å²) in [5.74, 6) is 1.30. The fourth-order valence-electron chi connectivity index (χ4n) is 3.76. The number of carbonyl (C=O) groups is 1. The summed E-state index contributed by atoms with van der Waals surface area (Å²) in [6, 6.07) is 14.8. The van der Waals surface area contributed by atoms with Crippen molar-refractivity contribution in [2.24, 2.45) is 0 Å². The number of oxazole rings is 1. The fraction of sp³-hybridized carbons (Fsp3) is 0.333. The van der Waals surface area contributed by atoms with E-state index in [1.54, 1.807) is 12.3 Å². The first-order chi connectivity index (χ1) is 15.1. The molecule has 6 nitrogen and oxygen atoms in total. The second-order valence-corrected chi connectivity index (χ2v) is 7.61. The van der Waals surface area contributed by atoms with Crippen LogP contribution >= 0.6 is 0 Å². The van der Waals surface area contributed by atoms with Gasteiger partial charge in [-0.3, -0.25) is 9.69 Å². The second-order valence-electron chi connectivity index (χ2n) is 7.61. The molecule has 2 aromatic carbocycles. The Kier molecular flexibility index (Phi) is 6.62. The van der Waals surface area contributed by atoms with Gasteiger partial charge in [-0.25, -0.2) is 9.37 Å². The highest BCUT2D eigenvalue weighted by molar-refractivity contribution is 5.76. The number of carbonyl (C=O) groups excluding carboxylic acids is 1. The van der Waals surface area contributed by atoms with Crippen LogP contribution in [0.25, 0.3) is 11.3 Å². The number of nitrogens with zero attached hydrogens (tertiary/aromatic N) is 3. The van der Waals surface area contributed by atoms with Crippen LogP contribution in [0, 0.1) is 5.82 Å². The lowest BCUT2D eigenvalue weighted by atomic mass is 10.1. The summed E-state index contributed by atoms with van der Waals surface area (Å²) in [4.78, 5) is 21.0. The molecule has 162 valence electrons. The van der Waals surface area contributed by atoms with Crippen LogP contribution in [0.2, 0.25) is 0 Å². The van der Waals surface area contributed by atoms with E-state index in [1.807, 2.05) is 41.3 Å². The summed E-state index contributed by atoms with van der Waals surface area (Å²) in [5.41, 5.74) is 1.87. The van der Waals surface area contributed by atoms with Gasteiger partial charge in [0, 0.05) is 51.1 Å². The van der Waals surface area contributed by atoms with E-state index in [4.69, 9.17) is 9.15 Å². The van der Waals surface area contributed by atoms with Crippen molar-refractivity contribution in [3.05, 3.63) is 72.0 Å². The monoisotopic (exact) mass is 423 g/mol. The van der Waals surface area contributed by atoms with E-state index in [0.29, 0.717) is 44.1 Å². The van der Waals surface area contributed by atoms with E-state index in [-0.39, 0.29) is 17.5 Å². The van der Waals surface area contributed by atoms with Crippen molar-refractivity contribution < 1.29 is 18.3 Å². The van der Waals surface area contributed by atoms with Gasteiger partial charge in [-0.15, -0.1) is 0 Å². The number of rotatable bonds is 7. The predicted octanol–water partition coefficient (Wildman–Crippen LogP) is 3.77. The maximum atomic E-state index is 13.9. The van der Waals surface area contributed by atoms with Crippen molar-refractivity contribution in [2.45, 2.75) is 19.4 Å². The summed E-state index contributed by atoms with van der Waals surface area (Å²) < 4.78 is 24.6. The molecule has 1 aromatic heterocycles. The summed E-state index contributed by atoms with van der Waals surface area (Å²) in [5, 5.41) is 0. The van der Waals surface area contributed by atoms with Gasteiger partial charge in [0.15, 0.2) is 23.2 Å². The lowest BCUT2D eigenvalue weighted by molar-refractivity contribution is -0.133. The average molecular weight is 423 g/mol. The molecule has 3 aromatic rings. The second kappa shape index (κ2) is 9.75. The number of amides is 1. The molecule has 4 rings (SSSR count). The van der Waals surface area contributed by atoms with Crippen LogP contribution in [-0.2, 0) is 17.8 Å². The lowest BCUT2D eigenvalue weighted by Crippen LogP contribution is -2.48. The number of hydrogen-bond acceptors (Lipinski definition) is 5. The molecule has 0 unspecified atom stereocenters. The first-order valence-corrected chi connectivity index (χ1v) is 10.4. The summed E-state index contributed by atoms with van der Waals surface area (Å²) in [7, 11) is 1.46. The molecule has 0 saturated carbocycles. The number of piperazine rings is 1. The standard InChI is InChI=1S/C24H26FN3O3/c1-30-21-8-7-18(15-20(21)25)17-27-11-13-28(14-12-27)24(29)10-9-23-26-16-22(31-23)19-5-3-2-4-6-19/h2-8,15-16H,9-14,17H2,1H3. The Labute approximate surface area is 181 Å². The SMILES string of the molecule is COc1ccc(CN2CCN(C(=O)CCc3ncc(-c4ccccc4)o3)CC2)cc1F. The van der Waals surface area contributed by atoms with Crippen molar-refractivity contribution in [3.8, 4) is 17.1 Å². The number of methoxy groups -OCH3 is 1. The van der Waals surface area contributed by atoms with Crippen molar-refractivity contribution in [1.29, 1.82) is 0 Å². The van der Waals surface area contributed by atoms with E-state index in [1.165, 1.54) is 13.2 Å². The topological polar surface area (TPSA) is 58.8 Å². The first kappa shape index (κ1) is 21.1. The minimum atomic E-state index is -0.351. The van der Waals surface area contributed by atoms with E-state index in [0.717, 1.165) is 24.2 Å². The van der Waals surface area contributed by atoms with Crippen LogP contribution in [0.15, 0.2) is 59.1 Å². The molecule has 1 amide bonds. The molecule has 1 fully saturated rings. The molecule has 0 bridgehead atoms. The highest BCUT2D eigenvalue weighted by Gasteiger charge is 2.22. The number of aromatic nitrogens is 1. The van der Waals surface area contributed by atoms with Gasteiger partial charge in [0.2, 0.25) is 5.91 Å². The van der Waals surface area contributed by atoms with E-state index >= 15 is 0 Å². The molecule has 0 aliphatic carbocycles. The highest BCUT2D eigenvalue weighted by Crippen LogP contribution is 2.21. The van der Waals surface area contributed by atoms with Gasteiger partial charge in [0.25, 0.3) is 0 Å². The Morgan fingerprint density at radius 2 is 1.90 bits per heavy atom. The Morgan fingerprint density at radius 1 is 1.13 bits per heavy atom. The molecule has 2 heterocycles. The van der Waals surface area contributed by atoms with Crippen molar-refractivity contribution >= 4 is 5.91 Å². The molecule has 1 aliphatic heterocycles. The van der Waals surface area contributed by atoms with Crippen LogP contribution in [0.1, 0.15) is 17.9 Å². The molecule has 0 N–H and O–H groups in total. The number of benzene rings is 2. The van der Waals surface area contributed by atoms with Crippen molar-refractivity contribution in [1.82, 2.24) is 14.8 Å². The van der Waals surface area contributed by atoms with Crippen LogP contribution in [0.3, 0.4) is 0 Å². The first-order valence-electron chi connectivity index (χ1n) is 10.4. The summed E-state index contributed by atoms with van der Waals surface area (Å²) in [6.45, 7) is 3.51. The minimum absolute atomic E-state index is 0.106. The maximum absolute atomic E-state index is 13.9. The third-order valence-corrected chi connectivity index (χ3v) is 5.51. The van der Waals surface area contributed by atoms with Gasteiger partial charge in [-0.2, -0.15) is 0 Å². The molecular formula is C24H26FN3O3. The fourth-order valence-corrected chi connectivity index (χ4v) is 3.76. The van der Waals surface area contributed by atoms with Gasteiger partial charge in [0.05, 0.1) is 13.3 Å². The largest absolute Gasteiger partial charge is 0.494 e. The van der Waals surface area contributed by atoms with Gasteiger partial charge in [-0.05, 0) is 17.7 Å². The average Bonchev–Trinajstić information content (AvgIpc) is 3.28. The normalized spacial score (nSPS) is 14.6. The molecule has 1 saturated heterocycles. The predicted molar refractivity (Wildman–Crippen MR) is 115 cm³/mol. The van der Waals surface area contributed by atoms with Crippen LogP contribution < -0.4 is 4.74 Å². The van der Waals surface area contributed by atoms with Crippen LogP contribution in [-0.4, -0.2) is 54.0 Å². The molecule has 31 heavy (non-hydrogen) atoms. The van der Waals surface area contributed by atoms with Gasteiger partial charge < -0.3 is 14.1 Å². The molecule has 0 atom stereocenters. The van der Waals surface area contributed by atoms with Gasteiger partial charge in [-0.1, -0.05) is 36.4 Å². The Morgan fingerprint density at radius 3 is 2.61 bits per heavy atom. The Bertz CT molecular complexity index is 1010. The van der Waals surface area contributed by atoms with E-state index in [2.05, 4.69) is 9.88 Å². The maximum Gasteiger partial charge on any atom is 0.223 e. The minimum Gasteiger partial charge on any atom is -0.494 e. The van der Waals surface area contributed by atoms with Gasteiger partial charge in [0.1, 0.15) is 0 Å². The zero-order valence-corrected chi connectivity index (χ0v) is 17.6. The third kappa shape index (κ3) is 5.30. The zero-order chi connectivity index (χ0) is 21.6. The molecule has 0 radical (unpaired) electrons. The zero-order valence-electron chi connectivity index (χ0n) is 17.6. The van der Waals surface area contributed by atoms with Gasteiger partial charge >= 0.3 is 0 Å². The summed E-state index contributed by atoms with van der Waals surface area (Å²) >= 11 is 0. The number of hydrogen-bond donors (Lipinski definition) is 0.